The number of carbonyl (C=O) groups excluding carboxylic acids is 1. The van der Waals surface area contributed by atoms with Gasteiger partial charge >= 0.3 is 0 Å². The quantitative estimate of drug-likeness (QED) is 0.838. The van der Waals surface area contributed by atoms with Crippen LogP contribution in [0.2, 0.25) is 0 Å². The van der Waals surface area contributed by atoms with Gasteiger partial charge in [-0.15, -0.1) is 5.10 Å². The minimum Gasteiger partial charge on any atom is -0.496 e. The predicted molar refractivity (Wildman–Crippen MR) is 72.8 cm³/mol. The predicted octanol–water partition coefficient (Wildman–Crippen LogP) is 1.59. The number of carbonyl (C=O) groups is 1. The fourth-order valence-corrected chi connectivity index (χ4v) is 1.88. The molecule has 106 valence electrons. The average Bonchev–Trinajstić information content (AvgIpc) is 2.87. The van der Waals surface area contributed by atoms with E-state index in [9.17, 15) is 9.90 Å². The summed E-state index contributed by atoms with van der Waals surface area (Å²) in [6.07, 6.45) is 1.01. The average molecular weight is 275 g/mol. The molecule has 0 amide bonds. The standard InChI is InChI=1S/C14H17N3O3/c1-9(18)11-4-5-14(20-3)12(6-11)7-17-8-13(10(2)19)15-16-17/h4-6,8,10,19H,7H2,1-3H3. The van der Waals surface area contributed by atoms with Crippen LogP contribution in [0.3, 0.4) is 0 Å². The number of ether oxygens (including phenoxy) is 1. The van der Waals surface area contributed by atoms with Crippen molar-refractivity contribution in [2.75, 3.05) is 7.11 Å². The minimum atomic E-state index is -0.658. The number of ketones is 1. The number of aromatic nitrogens is 3. The molecule has 0 saturated heterocycles. The van der Waals surface area contributed by atoms with Crippen LogP contribution in [0.5, 0.6) is 5.75 Å². The number of aliphatic hydroxyl groups excluding tert-OH is 1. The molecule has 0 radical (unpaired) electrons. The van der Waals surface area contributed by atoms with E-state index in [0.29, 0.717) is 23.6 Å². The van der Waals surface area contributed by atoms with E-state index in [-0.39, 0.29) is 5.78 Å². The van der Waals surface area contributed by atoms with Gasteiger partial charge in [-0.25, -0.2) is 4.68 Å². The van der Waals surface area contributed by atoms with Crippen LogP contribution in [0.4, 0.5) is 0 Å². The molecule has 6 nitrogen and oxygen atoms in total. The van der Waals surface area contributed by atoms with Crippen molar-refractivity contribution in [1.82, 2.24) is 15.0 Å². The molecule has 2 rings (SSSR count). The maximum Gasteiger partial charge on any atom is 0.159 e. The van der Waals surface area contributed by atoms with Crippen molar-refractivity contribution < 1.29 is 14.6 Å². The van der Waals surface area contributed by atoms with Crippen molar-refractivity contribution in [3.63, 3.8) is 0 Å². The fraction of sp³-hybridized carbons (Fsp3) is 0.357. The Morgan fingerprint density at radius 1 is 1.50 bits per heavy atom. The Hall–Kier alpha value is -2.21. The number of aliphatic hydroxyl groups is 1. The smallest absolute Gasteiger partial charge is 0.159 e. The third-order valence-electron chi connectivity index (χ3n) is 3.00. The van der Waals surface area contributed by atoms with Crippen LogP contribution in [0, 0.1) is 0 Å². The summed E-state index contributed by atoms with van der Waals surface area (Å²) in [6, 6.07) is 5.27. The van der Waals surface area contributed by atoms with Crippen molar-refractivity contribution in [3.05, 3.63) is 41.2 Å². The number of benzene rings is 1. The molecule has 0 saturated carbocycles. The van der Waals surface area contributed by atoms with Crippen LogP contribution < -0.4 is 4.74 Å². The Balaban J connectivity index is 2.30. The Morgan fingerprint density at radius 3 is 2.80 bits per heavy atom. The largest absolute Gasteiger partial charge is 0.496 e. The van der Waals surface area contributed by atoms with E-state index < -0.39 is 6.10 Å². The second kappa shape index (κ2) is 5.83. The van der Waals surface area contributed by atoms with Gasteiger partial charge in [-0.3, -0.25) is 4.79 Å². The van der Waals surface area contributed by atoms with E-state index >= 15 is 0 Å². The number of hydrogen-bond acceptors (Lipinski definition) is 5. The summed E-state index contributed by atoms with van der Waals surface area (Å²) in [4.78, 5) is 11.4. The van der Waals surface area contributed by atoms with Gasteiger partial charge in [-0.2, -0.15) is 0 Å². The van der Waals surface area contributed by atoms with Crippen LogP contribution >= 0.6 is 0 Å². The van der Waals surface area contributed by atoms with E-state index in [0.717, 1.165) is 5.56 Å². The minimum absolute atomic E-state index is 0.00263. The monoisotopic (exact) mass is 275 g/mol. The van der Waals surface area contributed by atoms with Gasteiger partial charge in [0.15, 0.2) is 5.78 Å². The van der Waals surface area contributed by atoms with Gasteiger partial charge in [0.1, 0.15) is 11.4 Å². The molecule has 1 heterocycles. The van der Waals surface area contributed by atoms with Gasteiger partial charge in [-0.05, 0) is 32.0 Å². The van der Waals surface area contributed by atoms with Crippen molar-refractivity contribution in [3.8, 4) is 5.75 Å². The molecular weight excluding hydrogens is 258 g/mol. The summed E-state index contributed by atoms with van der Waals surface area (Å²) in [7, 11) is 1.58. The number of rotatable bonds is 5. The van der Waals surface area contributed by atoms with Gasteiger partial charge in [0.25, 0.3) is 0 Å². The maximum atomic E-state index is 11.4. The van der Waals surface area contributed by atoms with E-state index in [2.05, 4.69) is 10.3 Å². The number of Topliss-reactive ketones (excluding diaryl/α,β-unsaturated/α-hetero) is 1. The molecule has 1 N–H and O–H groups in total. The molecular formula is C14H17N3O3. The second-order valence-electron chi connectivity index (χ2n) is 4.60. The highest BCUT2D eigenvalue weighted by Gasteiger charge is 2.11. The van der Waals surface area contributed by atoms with Gasteiger partial charge < -0.3 is 9.84 Å². The van der Waals surface area contributed by atoms with Gasteiger partial charge in [0.2, 0.25) is 0 Å². The third kappa shape index (κ3) is 3.03. The zero-order chi connectivity index (χ0) is 14.7. The first-order valence-electron chi connectivity index (χ1n) is 6.27. The zero-order valence-electron chi connectivity index (χ0n) is 11.7. The lowest BCUT2D eigenvalue weighted by Gasteiger charge is -2.09. The molecule has 20 heavy (non-hydrogen) atoms. The molecule has 0 bridgehead atoms. The first kappa shape index (κ1) is 14.2. The summed E-state index contributed by atoms with van der Waals surface area (Å²) in [5, 5.41) is 17.3. The Morgan fingerprint density at radius 2 is 2.25 bits per heavy atom. The molecule has 1 aromatic carbocycles. The van der Waals surface area contributed by atoms with E-state index in [1.807, 2.05) is 0 Å². The first-order chi connectivity index (χ1) is 9.51. The van der Waals surface area contributed by atoms with Crippen molar-refractivity contribution >= 4 is 5.78 Å². The third-order valence-corrected chi connectivity index (χ3v) is 3.00. The number of nitrogens with zero attached hydrogens (tertiary/aromatic N) is 3. The highest BCUT2D eigenvalue weighted by atomic mass is 16.5. The lowest BCUT2D eigenvalue weighted by molar-refractivity contribution is 0.101. The summed E-state index contributed by atoms with van der Waals surface area (Å²) in [5.41, 5.74) is 1.96. The van der Waals surface area contributed by atoms with Crippen LogP contribution in [0.25, 0.3) is 0 Å². The van der Waals surface area contributed by atoms with Crippen LogP contribution in [0.1, 0.15) is 41.6 Å². The normalized spacial score (nSPS) is 12.2. The summed E-state index contributed by atoms with van der Waals surface area (Å²) in [5.74, 6) is 0.682. The van der Waals surface area contributed by atoms with Crippen molar-refractivity contribution in [2.24, 2.45) is 0 Å². The molecule has 0 spiro atoms. The molecule has 6 heteroatoms. The van der Waals surface area contributed by atoms with Crippen LogP contribution in [-0.2, 0) is 6.54 Å². The molecule has 0 aliphatic carbocycles. The van der Waals surface area contributed by atoms with E-state index in [1.165, 1.54) is 6.92 Å². The Labute approximate surface area is 117 Å². The first-order valence-corrected chi connectivity index (χ1v) is 6.27. The van der Waals surface area contributed by atoms with E-state index in [4.69, 9.17) is 4.74 Å². The van der Waals surface area contributed by atoms with Crippen molar-refractivity contribution in [1.29, 1.82) is 0 Å². The maximum absolute atomic E-state index is 11.4. The molecule has 1 atom stereocenters. The molecule has 2 aromatic rings. The molecule has 0 fully saturated rings. The second-order valence-corrected chi connectivity index (χ2v) is 4.60. The molecule has 0 aliphatic heterocycles. The molecule has 1 aromatic heterocycles. The van der Waals surface area contributed by atoms with Gasteiger partial charge in [0, 0.05) is 11.1 Å². The fourth-order valence-electron chi connectivity index (χ4n) is 1.88. The topological polar surface area (TPSA) is 77.2 Å². The Bertz CT molecular complexity index is 620. The summed E-state index contributed by atoms with van der Waals surface area (Å²) in [6.45, 7) is 3.57. The number of methoxy groups -OCH3 is 1. The van der Waals surface area contributed by atoms with Gasteiger partial charge in [-0.1, -0.05) is 5.21 Å². The Kier molecular flexibility index (Phi) is 4.14. The molecule has 1 unspecified atom stereocenters. The summed E-state index contributed by atoms with van der Waals surface area (Å²) < 4.78 is 6.89. The highest BCUT2D eigenvalue weighted by molar-refractivity contribution is 5.94. The number of hydrogen-bond donors (Lipinski definition) is 1. The lowest BCUT2D eigenvalue weighted by Crippen LogP contribution is -2.04. The van der Waals surface area contributed by atoms with E-state index in [1.54, 1.807) is 43.1 Å². The lowest BCUT2D eigenvalue weighted by atomic mass is 10.1. The van der Waals surface area contributed by atoms with Crippen molar-refractivity contribution in [2.45, 2.75) is 26.5 Å². The highest BCUT2D eigenvalue weighted by Crippen LogP contribution is 2.21. The molecule has 0 aliphatic rings. The zero-order valence-corrected chi connectivity index (χ0v) is 11.7. The van der Waals surface area contributed by atoms with Gasteiger partial charge in [0.05, 0.1) is 26.0 Å². The van der Waals surface area contributed by atoms with Crippen LogP contribution in [0.15, 0.2) is 24.4 Å². The SMILES string of the molecule is COc1ccc(C(C)=O)cc1Cn1cc(C(C)O)nn1. The van der Waals surface area contributed by atoms with Crippen LogP contribution in [-0.4, -0.2) is 33.0 Å². The summed E-state index contributed by atoms with van der Waals surface area (Å²) >= 11 is 0.